The molecular formula is C14H10F3N3O2. The van der Waals surface area contributed by atoms with Crippen LogP contribution in [0.2, 0.25) is 0 Å². The van der Waals surface area contributed by atoms with E-state index in [1.807, 2.05) is 0 Å². The number of nitrogens with zero attached hydrogens (tertiary/aromatic N) is 3. The van der Waals surface area contributed by atoms with E-state index in [4.69, 9.17) is 0 Å². The van der Waals surface area contributed by atoms with Crippen molar-refractivity contribution in [2.24, 2.45) is 5.92 Å². The summed E-state index contributed by atoms with van der Waals surface area (Å²) in [7, 11) is 0. The van der Waals surface area contributed by atoms with Crippen LogP contribution >= 0.6 is 0 Å². The number of halogens is 3. The minimum atomic E-state index is -4.45. The third-order valence-corrected chi connectivity index (χ3v) is 4.26. The maximum absolute atomic E-state index is 12.6. The molecule has 0 radical (unpaired) electrons. The summed E-state index contributed by atoms with van der Waals surface area (Å²) in [5, 5.41) is 13.3. The highest BCUT2D eigenvalue weighted by molar-refractivity contribution is 5.88. The van der Waals surface area contributed by atoms with Gasteiger partial charge in [-0.3, -0.25) is 0 Å². The molecule has 5 nitrogen and oxygen atoms in total. The molecule has 2 aromatic rings. The van der Waals surface area contributed by atoms with Gasteiger partial charge in [0.25, 0.3) is 0 Å². The molecule has 2 atom stereocenters. The average Bonchev–Trinajstić information content (AvgIpc) is 2.94. The standard InChI is InChI=1S/C14H10F3N3O2/c15-14(16,17)7-1-2-10(18-5-7)20-12-8-3-6(8)4-9(12)11(19-20)13(21)22/h1-2,5-6,8H,3-4H2,(H,21,22)/t6-,8-/m1/s1. The van der Waals surface area contributed by atoms with Gasteiger partial charge in [-0.05, 0) is 30.9 Å². The van der Waals surface area contributed by atoms with Crippen LogP contribution in [0.4, 0.5) is 13.2 Å². The van der Waals surface area contributed by atoms with Gasteiger partial charge < -0.3 is 5.11 Å². The molecule has 2 heterocycles. The lowest BCUT2D eigenvalue weighted by molar-refractivity contribution is -0.137. The summed E-state index contributed by atoms with van der Waals surface area (Å²) in [5.41, 5.74) is 0.608. The molecule has 2 aliphatic rings. The number of aromatic carboxylic acids is 1. The summed E-state index contributed by atoms with van der Waals surface area (Å²) in [6, 6.07) is 2.15. The van der Waals surface area contributed by atoms with E-state index >= 15 is 0 Å². The highest BCUT2D eigenvalue weighted by atomic mass is 19.4. The van der Waals surface area contributed by atoms with Crippen molar-refractivity contribution in [2.75, 3.05) is 0 Å². The lowest BCUT2D eigenvalue weighted by atomic mass is 10.1. The molecule has 0 aliphatic heterocycles. The molecule has 0 bridgehead atoms. The first-order valence-corrected chi connectivity index (χ1v) is 6.75. The molecule has 0 spiro atoms. The molecule has 0 saturated heterocycles. The fourth-order valence-electron chi connectivity index (χ4n) is 3.14. The number of hydrogen-bond acceptors (Lipinski definition) is 3. The Morgan fingerprint density at radius 2 is 2.14 bits per heavy atom. The zero-order chi connectivity index (χ0) is 15.6. The summed E-state index contributed by atoms with van der Waals surface area (Å²) >= 11 is 0. The number of rotatable bonds is 2. The normalized spacial score (nSPS) is 22.3. The molecule has 4 rings (SSSR count). The predicted molar refractivity (Wildman–Crippen MR) is 67.9 cm³/mol. The number of fused-ring (bicyclic) bond motifs is 3. The smallest absolute Gasteiger partial charge is 0.417 e. The molecule has 0 amide bonds. The van der Waals surface area contributed by atoms with Crippen molar-refractivity contribution in [3.63, 3.8) is 0 Å². The number of carboxylic acid groups (broad SMARTS) is 1. The van der Waals surface area contributed by atoms with E-state index in [0.717, 1.165) is 24.4 Å². The van der Waals surface area contributed by atoms with Gasteiger partial charge in [-0.1, -0.05) is 0 Å². The third-order valence-electron chi connectivity index (χ3n) is 4.26. The summed E-state index contributed by atoms with van der Waals surface area (Å²) in [5.74, 6) is -0.223. The van der Waals surface area contributed by atoms with Crippen LogP contribution in [0.3, 0.4) is 0 Å². The lowest BCUT2D eigenvalue weighted by Gasteiger charge is -2.08. The molecule has 2 aliphatic carbocycles. The van der Waals surface area contributed by atoms with Crippen LogP contribution in [0.25, 0.3) is 5.82 Å². The SMILES string of the molecule is O=C(O)c1nn(-c2ccc(C(F)(F)F)cn2)c2c1C[C@H]1C[C@@H]21. The summed E-state index contributed by atoms with van der Waals surface area (Å²) in [6.45, 7) is 0. The number of pyridine rings is 1. The number of carboxylic acids is 1. The van der Waals surface area contributed by atoms with E-state index in [2.05, 4.69) is 10.1 Å². The lowest BCUT2D eigenvalue weighted by Crippen LogP contribution is -2.09. The Bertz CT molecular complexity index is 780. The van der Waals surface area contributed by atoms with E-state index in [1.54, 1.807) is 0 Å². The highest BCUT2D eigenvalue weighted by Crippen LogP contribution is 2.57. The van der Waals surface area contributed by atoms with E-state index in [1.165, 1.54) is 10.7 Å². The first-order chi connectivity index (χ1) is 10.4. The van der Waals surface area contributed by atoms with Gasteiger partial charge in [-0.2, -0.15) is 18.3 Å². The zero-order valence-corrected chi connectivity index (χ0v) is 11.1. The van der Waals surface area contributed by atoms with Crippen molar-refractivity contribution in [3.8, 4) is 5.82 Å². The Hall–Kier alpha value is -2.38. The van der Waals surface area contributed by atoms with Gasteiger partial charge in [0, 0.05) is 17.7 Å². The van der Waals surface area contributed by atoms with Crippen molar-refractivity contribution in [3.05, 3.63) is 40.8 Å². The van der Waals surface area contributed by atoms with Gasteiger partial charge in [-0.25, -0.2) is 14.5 Å². The summed E-state index contributed by atoms with van der Waals surface area (Å²) in [6.07, 6.45) is -2.07. The zero-order valence-electron chi connectivity index (χ0n) is 11.1. The molecular weight excluding hydrogens is 299 g/mol. The molecule has 1 fully saturated rings. The van der Waals surface area contributed by atoms with Gasteiger partial charge in [0.2, 0.25) is 0 Å². The van der Waals surface area contributed by atoms with Gasteiger partial charge >= 0.3 is 12.1 Å². The molecule has 114 valence electrons. The van der Waals surface area contributed by atoms with E-state index in [9.17, 15) is 23.1 Å². The first-order valence-electron chi connectivity index (χ1n) is 6.75. The van der Waals surface area contributed by atoms with E-state index < -0.39 is 17.7 Å². The Kier molecular flexibility index (Phi) is 2.47. The molecule has 8 heteroatoms. The van der Waals surface area contributed by atoms with Crippen LogP contribution < -0.4 is 0 Å². The van der Waals surface area contributed by atoms with Crippen LogP contribution in [0, 0.1) is 5.92 Å². The van der Waals surface area contributed by atoms with Crippen LogP contribution in [-0.2, 0) is 12.6 Å². The summed E-state index contributed by atoms with van der Waals surface area (Å²) < 4.78 is 39.1. The van der Waals surface area contributed by atoms with Crippen molar-refractivity contribution in [2.45, 2.75) is 24.9 Å². The fraction of sp³-hybridized carbons (Fsp3) is 0.357. The molecule has 1 saturated carbocycles. The maximum atomic E-state index is 12.6. The monoisotopic (exact) mass is 309 g/mol. The van der Waals surface area contributed by atoms with Crippen LogP contribution in [0.15, 0.2) is 18.3 Å². The molecule has 0 aromatic carbocycles. The Balaban J connectivity index is 1.80. The average molecular weight is 309 g/mol. The second-order valence-corrected chi connectivity index (χ2v) is 5.64. The van der Waals surface area contributed by atoms with Crippen molar-refractivity contribution in [1.29, 1.82) is 0 Å². The minimum absolute atomic E-state index is 0.0242. The first kappa shape index (κ1) is 13.3. The van der Waals surface area contributed by atoms with Gasteiger partial charge in [-0.15, -0.1) is 0 Å². The van der Waals surface area contributed by atoms with Crippen molar-refractivity contribution >= 4 is 5.97 Å². The number of hydrogen-bond donors (Lipinski definition) is 1. The van der Waals surface area contributed by atoms with Gasteiger partial charge in [0.15, 0.2) is 11.5 Å². The molecule has 1 N–H and O–H groups in total. The Labute approximate surface area is 122 Å². The largest absolute Gasteiger partial charge is 0.476 e. The topological polar surface area (TPSA) is 68.0 Å². The fourth-order valence-corrected chi connectivity index (χ4v) is 3.14. The Morgan fingerprint density at radius 1 is 1.36 bits per heavy atom. The van der Waals surface area contributed by atoms with Crippen LogP contribution in [0.1, 0.15) is 39.6 Å². The quantitative estimate of drug-likeness (QED) is 0.926. The predicted octanol–water partition coefficient (Wildman–Crippen LogP) is 2.64. The number of carbonyl (C=O) groups is 1. The highest BCUT2D eigenvalue weighted by Gasteiger charge is 2.50. The second-order valence-electron chi connectivity index (χ2n) is 5.64. The van der Waals surface area contributed by atoms with E-state index in [-0.39, 0.29) is 17.4 Å². The van der Waals surface area contributed by atoms with Crippen molar-refractivity contribution in [1.82, 2.24) is 14.8 Å². The number of aromatic nitrogens is 3. The van der Waals surface area contributed by atoms with Gasteiger partial charge in [0.05, 0.1) is 11.3 Å². The van der Waals surface area contributed by atoms with Crippen LogP contribution in [0.5, 0.6) is 0 Å². The second kappa shape index (κ2) is 4.08. The van der Waals surface area contributed by atoms with Crippen molar-refractivity contribution < 1.29 is 23.1 Å². The summed E-state index contributed by atoms with van der Waals surface area (Å²) in [4.78, 5) is 15.1. The molecule has 2 aromatic heterocycles. The number of alkyl halides is 3. The van der Waals surface area contributed by atoms with Crippen LogP contribution in [-0.4, -0.2) is 25.8 Å². The Morgan fingerprint density at radius 3 is 2.73 bits per heavy atom. The minimum Gasteiger partial charge on any atom is -0.476 e. The molecule has 0 unspecified atom stereocenters. The van der Waals surface area contributed by atoms with E-state index in [0.29, 0.717) is 17.9 Å². The third kappa shape index (κ3) is 1.83. The molecule has 22 heavy (non-hydrogen) atoms. The van der Waals surface area contributed by atoms with Gasteiger partial charge in [0.1, 0.15) is 0 Å². The maximum Gasteiger partial charge on any atom is 0.417 e.